The third kappa shape index (κ3) is 7.75. The first-order valence-electron chi connectivity index (χ1n) is 24.7. The van der Waals surface area contributed by atoms with E-state index in [0.29, 0.717) is 77.6 Å². The minimum atomic E-state index is -4.05. The van der Waals surface area contributed by atoms with Crippen LogP contribution in [0.25, 0.3) is 0 Å². The highest BCUT2D eigenvalue weighted by Gasteiger charge is 2.64. The van der Waals surface area contributed by atoms with Gasteiger partial charge in [-0.3, -0.25) is 4.55 Å². The number of aliphatic hydroxyl groups is 4. The number of hydrogen-bond donors (Lipinski definition) is 5. The summed E-state index contributed by atoms with van der Waals surface area (Å²) in [6, 6.07) is 0. The summed E-state index contributed by atoms with van der Waals surface area (Å²) in [6.07, 6.45) is 19.4. The van der Waals surface area contributed by atoms with Crippen molar-refractivity contribution in [1.29, 1.82) is 0 Å². The Kier molecular flexibility index (Phi) is 12.5. The molecule has 0 aliphatic heterocycles. The van der Waals surface area contributed by atoms with Gasteiger partial charge in [-0.05, 0) is 228 Å². The highest BCUT2D eigenvalue weighted by Crippen LogP contribution is 2.70. The average molecular weight is 832 g/mol. The van der Waals surface area contributed by atoms with Crippen molar-refractivity contribution in [3.05, 3.63) is 0 Å². The Bertz CT molecular complexity index is 1560. The predicted molar refractivity (Wildman–Crippen MR) is 230 cm³/mol. The number of nitrogens with zero attached hydrogens (tertiary/aromatic N) is 1. The van der Waals surface area contributed by atoms with Gasteiger partial charge in [0.2, 0.25) is 0 Å². The van der Waals surface area contributed by atoms with Gasteiger partial charge in [0.1, 0.15) is 0 Å². The van der Waals surface area contributed by atoms with E-state index >= 15 is 0 Å². The van der Waals surface area contributed by atoms with Crippen molar-refractivity contribution in [2.45, 2.75) is 188 Å². The van der Waals surface area contributed by atoms with Crippen LogP contribution in [-0.2, 0) is 10.1 Å². The molecule has 8 nitrogen and oxygen atoms in total. The van der Waals surface area contributed by atoms with Crippen molar-refractivity contribution >= 4 is 10.1 Å². The molecule has 8 aliphatic carbocycles. The minimum Gasteiger partial charge on any atom is -0.393 e. The van der Waals surface area contributed by atoms with E-state index in [1.165, 1.54) is 51.4 Å². The molecule has 58 heavy (non-hydrogen) atoms. The SMILES string of the molecule is C[C@H](CCCN(CC[C@@H](C)[C@H]1CC[C@H]2[C@@H]3[C@@H](O)C[C@@H]4C[C@H](O)CC[C@]4(C)[C@H]3CC[C@]12C)CCS(=O)(=O)O)[C@H]1CC[C@H]2[C@@H]3[C@@H](O)C[C@@H]4C[C@H](O)CC[C@]4(C)[C@H]3CC[C@]12C. The molecule has 0 radical (unpaired) electrons. The molecule has 0 aromatic carbocycles. The smallest absolute Gasteiger partial charge is 0.266 e. The van der Waals surface area contributed by atoms with Crippen molar-refractivity contribution in [3.8, 4) is 0 Å². The minimum absolute atomic E-state index is 0.202. The van der Waals surface area contributed by atoms with E-state index in [-0.39, 0.29) is 51.8 Å². The van der Waals surface area contributed by atoms with Gasteiger partial charge in [0, 0.05) is 6.54 Å². The van der Waals surface area contributed by atoms with Crippen LogP contribution in [0, 0.1) is 92.7 Å². The normalized spacial score (nSPS) is 51.2. The largest absolute Gasteiger partial charge is 0.393 e. The maximum absolute atomic E-state index is 12.0. The van der Waals surface area contributed by atoms with Crippen LogP contribution in [0.2, 0.25) is 0 Å². The lowest BCUT2D eigenvalue weighted by Gasteiger charge is -2.62. The zero-order chi connectivity index (χ0) is 41.6. The zero-order valence-electron chi connectivity index (χ0n) is 37.4. The molecule has 0 aromatic rings. The molecule has 20 atom stereocenters. The van der Waals surface area contributed by atoms with Gasteiger partial charge in [0.15, 0.2) is 0 Å². The van der Waals surface area contributed by atoms with Crippen LogP contribution in [0.3, 0.4) is 0 Å². The maximum Gasteiger partial charge on any atom is 0.266 e. The Balaban J connectivity index is 0.870. The van der Waals surface area contributed by atoms with Gasteiger partial charge < -0.3 is 25.3 Å². The average Bonchev–Trinajstić information content (AvgIpc) is 3.70. The third-order valence-corrected chi connectivity index (χ3v) is 22.2. The van der Waals surface area contributed by atoms with Gasteiger partial charge in [-0.25, -0.2) is 0 Å². The van der Waals surface area contributed by atoms with Crippen LogP contribution in [-0.4, -0.2) is 88.1 Å². The van der Waals surface area contributed by atoms with Gasteiger partial charge in [-0.1, -0.05) is 41.5 Å². The molecule has 0 amide bonds. The van der Waals surface area contributed by atoms with Crippen molar-refractivity contribution < 1.29 is 33.4 Å². The first-order chi connectivity index (χ1) is 27.3. The number of aliphatic hydroxyl groups excluding tert-OH is 4. The van der Waals surface area contributed by atoms with Crippen LogP contribution in [0.4, 0.5) is 0 Å². The number of fused-ring (bicyclic) bond motifs is 10. The van der Waals surface area contributed by atoms with Gasteiger partial charge in [-0.15, -0.1) is 0 Å². The van der Waals surface area contributed by atoms with Gasteiger partial charge in [0.05, 0.1) is 30.2 Å². The predicted octanol–water partition coefficient (Wildman–Crippen LogP) is 8.60. The molecule has 334 valence electrons. The fourth-order valence-electron chi connectivity index (χ4n) is 18.4. The van der Waals surface area contributed by atoms with E-state index in [0.717, 1.165) is 83.7 Å². The summed E-state index contributed by atoms with van der Waals surface area (Å²) in [6.45, 7) is 17.0. The zero-order valence-corrected chi connectivity index (χ0v) is 38.2. The molecule has 0 unspecified atom stereocenters. The summed E-state index contributed by atoms with van der Waals surface area (Å²) in [5.41, 5.74) is 0.944. The summed E-state index contributed by atoms with van der Waals surface area (Å²) < 4.78 is 33.7. The first kappa shape index (κ1) is 44.3. The van der Waals surface area contributed by atoms with E-state index in [9.17, 15) is 33.4 Å². The summed E-state index contributed by atoms with van der Waals surface area (Å²) in [4.78, 5) is 2.33. The van der Waals surface area contributed by atoms with Crippen LogP contribution in [0.15, 0.2) is 0 Å². The highest BCUT2D eigenvalue weighted by atomic mass is 32.2. The summed E-state index contributed by atoms with van der Waals surface area (Å²) in [5.74, 6) is 5.94. The molecule has 8 fully saturated rings. The second-order valence-corrected chi connectivity index (χ2v) is 25.5. The summed E-state index contributed by atoms with van der Waals surface area (Å²) in [7, 11) is -4.05. The Hall–Kier alpha value is -0.290. The molecular weight excluding hydrogens is 747 g/mol. The Morgan fingerprint density at radius 1 is 0.552 bits per heavy atom. The lowest BCUT2D eigenvalue weighted by atomic mass is 9.43. The van der Waals surface area contributed by atoms with Crippen LogP contribution >= 0.6 is 0 Å². The maximum atomic E-state index is 12.0. The quantitative estimate of drug-likeness (QED) is 0.123. The van der Waals surface area contributed by atoms with Crippen LogP contribution < -0.4 is 0 Å². The Labute approximate surface area is 353 Å². The molecule has 8 saturated carbocycles. The molecule has 5 N–H and O–H groups in total. The van der Waals surface area contributed by atoms with Gasteiger partial charge in [-0.2, -0.15) is 8.42 Å². The lowest BCUT2D eigenvalue weighted by molar-refractivity contribution is -0.174. The first-order valence-corrected chi connectivity index (χ1v) is 26.3. The van der Waals surface area contributed by atoms with Crippen molar-refractivity contribution in [3.63, 3.8) is 0 Å². The van der Waals surface area contributed by atoms with Crippen molar-refractivity contribution in [2.24, 2.45) is 92.7 Å². The fourth-order valence-corrected chi connectivity index (χ4v) is 18.8. The van der Waals surface area contributed by atoms with Gasteiger partial charge in [0.25, 0.3) is 10.1 Å². The topological polar surface area (TPSA) is 139 Å². The number of hydrogen-bond acceptors (Lipinski definition) is 7. The molecule has 0 spiro atoms. The summed E-state index contributed by atoms with van der Waals surface area (Å²) in [5, 5.41) is 44.4. The molecular formula is C49H85NO7S. The van der Waals surface area contributed by atoms with Crippen molar-refractivity contribution in [1.82, 2.24) is 4.90 Å². The van der Waals surface area contributed by atoms with E-state index in [4.69, 9.17) is 0 Å². The van der Waals surface area contributed by atoms with E-state index in [1.54, 1.807) is 0 Å². The molecule has 0 aromatic heterocycles. The molecule has 9 heteroatoms. The lowest BCUT2D eigenvalue weighted by Crippen LogP contribution is -2.58. The van der Waals surface area contributed by atoms with Gasteiger partial charge >= 0.3 is 0 Å². The second kappa shape index (κ2) is 16.4. The van der Waals surface area contributed by atoms with E-state index in [2.05, 4.69) is 46.4 Å². The summed E-state index contributed by atoms with van der Waals surface area (Å²) >= 11 is 0. The monoisotopic (exact) mass is 832 g/mol. The molecule has 8 aliphatic rings. The standard InChI is InChI=1S/C49H85NO7S/c1-30(36-9-11-38-44-40(15-20-48(36,38)5)46(3)18-13-34(51)26-32(46)28-42(44)53)8-7-22-50(24-25-58(55,56)57)23-17-31(2)37-10-12-39-45-41(16-21-49(37,39)6)47(4)19-14-35(52)27-33(47)29-43(45)54/h30-45,51-54H,7-29H2,1-6H3,(H,55,56,57)/t30-,31-,32+,33+,34-,35-,36-,37-,38+,39+,40+,41+,42+,43+,44+,45+,46+,47+,48-,49-/m1/s1. The molecule has 8 rings (SSSR count). The second-order valence-electron chi connectivity index (χ2n) is 23.9. The Morgan fingerprint density at radius 2 is 0.983 bits per heavy atom. The fraction of sp³-hybridized carbons (Fsp3) is 1.00. The molecule has 0 saturated heterocycles. The molecule has 0 bridgehead atoms. The Morgan fingerprint density at radius 3 is 1.45 bits per heavy atom. The number of rotatable bonds is 12. The highest BCUT2D eigenvalue weighted by molar-refractivity contribution is 7.85. The molecule has 0 heterocycles. The van der Waals surface area contributed by atoms with Crippen LogP contribution in [0.1, 0.15) is 164 Å². The third-order valence-electron chi connectivity index (χ3n) is 21.5. The van der Waals surface area contributed by atoms with Crippen molar-refractivity contribution in [2.75, 3.05) is 25.4 Å². The van der Waals surface area contributed by atoms with E-state index < -0.39 is 10.1 Å². The van der Waals surface area contributed by atoms with Crippen LogP contribution in [0.5, 0.6) is 0 Å². The van der Waals surface area contributed by atoms with E-state index in [1.807, 2.05) is 0 Å².